The molecule has 0 bridgehead atoms. The van der Waals surface area contributed by atoms with Gasteiger partial charge in [0, 0.05) is 13.1 Å². The van der Waals surface area contributed by atoms with Crippen LogP contribution in [-0.4, -0.2) is 43.4 Å². The van der Waals surface area contributed by atoms with Gasteiger partial charge in [0.1, 0.15) is 5.60 Å². The first-order chi connectivity index (χ1) is 7.59. The van der Waals surface area contributed by atoms with Crippen molar-refractivity contribution in [3.05, 3.63) is 0 Å². The molecule has 1 heterocycles. The van der Waals surface area contributed by atoms with Gasteiger partial charge in [0.25, 0.3) is 0 Å². The molecule has 0 unspecified atom stereocenters. The van der Waals surface area contributed by atoms with Crippen molar-refractivity contribution < 1.29 is 17.9 Å². The van der Waals surface area contributed by atoms with Crippen LogP contribution in [0.15, 0.2) is 0 Å². The predicted molar refractivity (Wildman–Crippen MR) is 63.9 cm³/mol. The third-order valence-electron chi connectivity index (χ3n) is 2.49. The monoisotopic (exact) mass is 264 g/mol. The standard InChI is InChI=1S/C10H20N2O4S/c1-10(2,3)16-9(13)12-6-4-5-8(7-12)17(11,14)15/h8H,4-7H2,1-3H3,(H2,11,14,15)/t8-/m1/s1. The number of amides is 1. The number of piperidine rings is 1. The molecule has 1 aliphatic rings. The summed E-state index contributed by atoms with van der Waals surface area (Å²) >= 11 is 0. The van der Waals surface area contributed by atoms with Gasteiger partial charge < -0.3 is 9.64 Å². The predicted octanol–water partition coefficient (Wildman–Crippen LogP) is 0.674. The average molecular weight is 264 g/mol. The molecule has 0 aliphatic carbocycles. The van der Waals surface area contributed by atoms with Gasteiger partial charge in [-0.1, -0.05) is 0 Å². The lowest BCUT2D eigenvalue weighted by Gasteiger charge is -2.33. The van der Waals surface area contributed by atoms with Crippen LogP contribution in [0.5, 0.6) is 0 Å². The third kappa shape index (κ3) is 4.51. The molecule has 0 spiro atoms. The zero-order valence-corrected chi connectivity index (χ0v) is 11.3. The van der Waals surface area contributed by atoms with E-state index in [1.807, 2.05) is 0 Å². The second-order valence-corrected chi connectivity index (χ2v) is 7.12. The number of rotatable bonds is 1. The topological polar surface area (TPSA) is 89.7 Å². The summed E-state index contributed by atoms with van der Waals surface area (Å²) < 4.78 is 27.7. The van der Waals surface area contributed by atoms with Crippen molar-refractivity contribution in [1.29, 1.82) is 0 Å². The normalized spacial score (nSPS) is 22.4. The van der Waals surface area contributed by atoms with E-state index < -0.39 is 27.0 Å². The lowest BCUT2D eigenvalue weighted by atomic mass is 10.1. The molecule has 0 saturated carbocycles. The molecule has 2 N–H and O–H groups in total. The van der Waals surface area contributed by atoms with Gasteiger partial charge in [-0.15, -0.1) is 0 Å². The molecule has 7 heteroatoms. The zero-order valence-electron chi connectivity index (χ0n) is 10.5. The molecule has 6 nitrogen and oxygen atoms in total. The fourth-order valence-electron chi connectivity index (χ4n) is 1.70. The molecule has 1 rings (SSSR count). The lowest BCUT2D eigenvalue weighted by Crippen LogP contribution is -2.48. The Morgan fingerprint density at radius 2 is 2.00 bits per heavy atom. The van der Waals surface area contributed by atoms with Crippen LogP contribution in [0, 0.1) is 0 Å². The van der Waals surface area contributed by atoms with E-state index in [2.05, 4.69) is 0 Å². The molecule has 1 atom stereocenters. The minimum Gasteiger partial charge on any atom is -0.444 e. The van der Waals surface area contributed by atoms with E-state index in [0.717, 1.165) is 0 Å². The molecule has 100 valence electrons. The van der Waals surface area contributed by atoms with E-state index in [1.165, 1.54) is 4.90 Å². The summed E-state index contributed by atoms with van der Waals surface area (Å²) in [6.45, 7) is 5.94. The zero-order chi connectivity index (χ0) is 13.3. The summed E-state index contributed by atoms with van der Waals surface area (Å²) in [7, 11) is -3.59. The molecule has 0 radical (unpaired) electrons. The minimum absolute atomic E-state index is 0.119. The fraction of sp³-hybridized carbons (Fsp3) is 0.900. The molecular formula is C10H20N2O4S. The highest BCUT2D eigenvalue weighted by molar-refractivity contribution is 7.89. The van der Waals surface area contributed by atoms with Crippen molar-refractivity contribution in [1.82, 2.24) is 4.90 Å². The molecule has 1 saturated heterocycles. The number of nitrogens with zero attached hydrogens (tertiary/aromatic N) is 1. The van der Waals surface area contributed by atoms with E-state index >= 15 is 0 Å². The number of nitrogens with two attached hydrogens (primary N) is 1. The number of primary sulfonamides is 1. The minimum atomic E-state index is -3.59. The molecular weight excluding hydrogens is 244 g/mol. The number of carbonyl (C=O) groups is 1. The molecule has 0 aromatic rings. The number of sulfonamides is 1. The Morgan fingerprint density at radius 1 is 1.41 bits per heavy atom. The summed E-state index contributed by atoms with van der Waals surface area (Å²) in [5.41, 5.74) is -0.578. The van der Waals surface area contributed by atoms with Crippen LogP contribution in [0.1, 0.15) is 33.6 Å². The maximum Gasteiger partial charge on any atom is 0.410 e. The first kappa shape index (κ1) is 14.2. The molecule has 0 aromatic heterocycles. The summed E-state index contributed by atoms with van der Waals surface area (Å²) in [6, 6.07) is 0. The lowest BCUT2D eigenvalue weighted by molar-refractivity contribution is 0.0219. The van der Waals surface area contributed by atoms with E-state index in [9.17, 15) is 13.2 Å². The van der Waals surface area contributed by atoms with Crippen molar-refractivity contribution >= 4 is 16.1 Å². The number of ether oxygens (including phenoxy) is 1. The van der Waals surface area contributed by atoms with Crippen LogP contribution >= 0.6 is 0 Å². The van der Waals surface area contributed by atoms with Crippen LogP contribution in [-0.2, 0) is 14.8 Å². The van der Waals surface area contributed by atoms with Crippen LogP contribution in [0.4, 0.5) is 4.79 Å². The number of hydrogen-bond donors (Lipinski definition) is 1. The Morgan fingerprint density at radius 3 is 2.47 bits per heavy atom. The van der Waals surface area contributed by atoms with Gasteiger partial charge >= 0.3 is 6.09 Å². The van der Waals surface area contributed by atoms with Crippen molar-refractivity contribution in [3.63, 3.8) is 0 Å². The van der Waals surface area contributed by atoms with Crippen LogP contribution in [0.3, 0.4) is 0 Å². The number of likely N-dealkylation sites (tertiary alicyclic amines) is 1. The Bertz CT molecular complexity index is 386. The van der Waals surface area contributed by atoms with Crippen molar-refractivity contribution in [3.8, 4) is 0 Å². The van der Waals surface area contributed by atoms with Crippen LogP contribution in [0.2, 0.25) is 0 Å². The molecule has 17 heavy (non-hydrogen) atoms. The quantitative estimate of drug-likeness (QED) is 0.754. The summed E-state index contributed by atoms with van der Waals surface area (Å²) in [5, 5.41) is 4.42. The maximum atomic E-state index is 11.8. The molecule has 1 fully saturated rings. The number of hydrogen-bond acceptors (Lipinski definition) is 4. The highest BCUT2D eigenvalue weighted by atomic mass is 32.2. The van der Waals surface area contributed by atoms with Crippen LogP contribution < -0.4 is 5.14 Å². The van der Waals surface area contributed by atoms with Crippen LogP contribution in [0.25, 0.3) is 0 Å². The van der Waals surface area contributed by atoms with Gasteiger partial charge in [-0.2, -0.15) is 0 Å². The van der Waals surface area contributed by atoms with Gasteiger partial charge in [0.15, 0.2) is 0 Å². The Kier molecular flexibility index (Phi) is 4.03. The first-order valence-electron chi connectivity index (χ1n) is 5.59. The average Bonchev–Trinajstić information content (AvgIpc) is 2.14. The first-order valence-corrected chi connectivity index (χ1v) is 7.20. The van der Waals surface area contributed by atoms with E-state index in [0.29, 0.717) is 19.4 Å². The molecule has 1 aliphatic heterocycles. The fourth-order valence-corrected chi connectivity index (χ4v) is 2.58. The van der Waals surface area contributed by atoms with E-state index in [4.69, 9.17) is 9.88 Å². The summed E-state index contributed by atoms with van der Waals surface area (Å²) in [6.07, 6.45) is 0.643. The second-order valence-electron chi connectivity index (χ2n) is 5.28. The van der Waals surface area contributed by atoms with Gasteiger partial charge in [0.2, 0.25) is 10.0 Å². The highest BCUT2D eigenvalue weighted by Gasteiger charge is 2.32. The van der Waals surface area contributed by atoms with Gasteiger partial charge in [-0.05, 0) is 33.6 Å². The Hall–Kier alpha value is -0.820. The third-order valence-corrected chi connectivity index (χ3v) is 3.81. The largest absolute Gasteiger partial charge is 0.444 e. The molecule has 1 amide bonds. The smallest absolute Gasteiger partial charge is 0.410 e. The Balaban J connectivity index is 2.64. The maximum absolute atomic E-state index is 11.8. The summed E-state index contributed by atoms with van der Waals surface area (Å²) in [5.74, 6) is 0. The number of carbonyl (C=O) groups excluding carboxylic acids is 1. The second kappa shape index (κ2) is 4.81. The van der Waals surface area contributed by atoms with Gasteiger partial charge in [-0.3, -0.25) is 0 Å². The van der Waals surface area contributed by atoms with E-state index in [1.54, 1.807) is 20.8 Å². The SMILES string of the molecule is CC(C)(C)OC(=O)N1CCC[C@@H](S(N)(=O)=O)C1. The van der Waals surface area contributed by atoms with E-state index in [-0.39, 0.29) is 6.54 Å². The van der Waals surface area contributed by atoms with Gasteiger partial charge in [0.05, 0.1) is 5.25 Å². The van der Waals surface area contributed by atoms with Crippen molar-refractivity contribution in [2.45, 2.75) is 44.5 Å². The van der Waals surface area contributed by atoms with Gasteiger partial charge in [-0.25, -0.2) is 18.4 Å². The summed E-state index contributed by atoms with van der Waals surface area (Å²) in [4.78, 5) is 13.2. The molecule has 0 aromatic carbocycles. The van der Waals surface area contributed by atoms with Crippen molar-refractivity contribution in [2.75, 3.05) is 13.1 Å². The van der Waals surface area contributed by atoms with Crippen molar-refractivity contribution in [2.24, 2.45) is 5.14 Å². The highest BCUT2D eigenvalue weighted by Crippen LogP contribution is 2.18. The Labute approximate surface area is 102 Å².